The van der Waals surface area contributed by atoms with E-state index in [1.54, 1.807) is 40.9 Å². The molecule has 9 heteroatoms. The number of carbonyl (C=O) groups excluding carboxylic acids is 1. The number of hydrogen-bond donors (Lipinski definition) is 2. The Kier molecular flexibility index (Phi) is 9.02. The van der Waals surface area contributed by atoms with Crippen molar-refractivity contribution in [1.82, 2.24) is 4.90 Å². The number of aryl methyl sites for hydroxylation is 2. The summed E-state index contributed by atoms with van der Waals surface area (Å²) in [6.07, 6.45) is 0.654. The highest BCUT2D eigenvalue weighted by Gasteiger charge is 2.42. The van der Waals surface area contributed by atoms with Crippen molar-refractivity contribution in [3.63, 3.8) is 0 Å². The zero-order chi connectivity index (χ0) is 29.2. The molecule has 4 rings (SSSR count). The topological polar surface area (TPSA) is 96.3 Å². The molecule has 212 valence electrons. The highest BCUT2D eigenvalue weighted by Crippen LogP contribution is 2.43. The predicted molar refractivity (Wildman–Crippen MR) is 157 cm³/mol. The summed E-state index contributed by atoms with van der Waals surface area (Å²) < 4.78 is 11.5. The van der Waals surface area contributed by atoms with Gasteiger partial charge in [-0.3, -0.25) is 0 Å². The molecule has 40 heavy (non-hydrogen) atoms. The summed E-state index contributed by atoms with van der Waals surface area (Å²) in [6, 6.07) is 18.4. The van der Waals surface area contributed by atoms with Crippen LogP contribution in [0.5, 0.6) is 11.5 Å². The van der Waals surface area contributed by atoms with Gasteiger partial charge in [-0.1, -0.05) is 41.9 Å². The van der Waals surface area contributed by atoms with Crippen LogP contribution in [0.3, 0.4) is 0 Å². The molecule has 1 heterocycles. The molecular weight excluding hydrogens is 550 g/mol. The lowest BCUT2D eigenvalue weighted by Gasteiger charge is -2.27. The molecule has 3 unspecified atom stereocenters. The second kappa shape index (κ2) is 12.1. The number of amides is 1. The van der Waals surface area contributed by atoms with Crippen LogP contribution < -0.4 is 9.47 Å². The number of benzene rings is 3. The van der Waals surface area contributed by atoms with E-state index in [2.05, 4.69) is 0 Å². The van der Waals surface area contributed by atoms with E-state index in [0.29, 0.717) is 23.1 Å². The van der Waals surface area contributed by atoms with Gasteiger partial charge >= 0.3 is 12.1 Å². The van der Waals surface area contributed by atoms with Gasteiger partial charge < -0.3 is 24.6 Å². The first-order chi connectivity index (χ1) is 18.9. The maximum Gasteiger partial charge on any atom is 0.415 e. The minimum Gasteiger partial charge on any atom is -0.478 e. The number of aliphatic hydroxyl groups is 1. The second-order valence-corrected chi connectivity index (χ2v) is 11.9. The molecule has 1 fully saturated rings. The van der Waals surface area contributed by atoms with Crippen LogP contribution in [0.25, 0.3) is 0 Å². The van der Waals surface area contributed by atoms with Crippen LogP contribution in [0.4, 0.5) is 4.79 Å². The van der Waals surface area contributed by atoms with Crippen molar-refractivity contribution in [2.75, 3.05) is 19.3 Å². The molecule has 7 nitrogen and oxygen atoms in total. The van der Waals surface area contributed by atoms with Crippen LogP contribution >= 0.6 is 23.4 Å². The van der Waals surface area contributed by atoms with Gasteiger partial charge in [-0.2, -0.15) is 0 Å². The smallest absolute Gasteiger partial charge is 0.415 e. The Labute approximate surface area is 244 Å². The van der Waals surface area contributed by atoms with E-state index in [-0.39, 0.29) is 18.4 Å². The molecule has 0 bridgehead atoms. The number of halogens is 1. The maximum absolute atomic E-state index is 13.2. The summed E-state index contributed by atoms with van der Waals surface area (Å²) in [5.41, 5.74) is 1.86. The van der Waals surface area contributed by atoms with E-state index >= 15 is 0 Å². The molecule has 1 aliphatic heterocycles. The molecule has 3 atom stereocenters. The highest BCUT2D eigenvalue weighted by atomic mass is 35.5. The van der Waals surface area contributed by atoms with E-state index in [1.165, 1.54) is 13.8 Å². The fraction of sp³-hybridized carbons (Fsp3) is 0.355. The summed E-state index contributed by atoms with van der Waals surface area (Å²) in [4.78, 5) is 27.6. The fourth-order valence-electron chi connectivity index (χ4n) is 5.05. The molecule has 0 aliphatic carbocycles. The average molecular weight is 584 g/mol. The van der Waals surface area contributed by atoms with Crippen molar-refractivity contribution in [1.29, 1.82) is 0 Å². The first-order valence-electron chi connectivity index (χ1n) is 13.0. The van der Waals surface area contributed by atoms with Crippen LogP contribution in [-0.4, -0.2) is 52.1 Å². The molecule has 0 aromatic heterocycles. The van der Waals surface area contributed by atoms with Gasteiger partial charge in [-0.05, 0) is 86.5 Å². The number of thioether (sulfide) groups is 1. The summed E-state index contributed by atoms with van der Waals surface area (Å²) in [6.45, 7) is 7.39. The number of aliphatic carboxylic acids is 1. The number of ether oxygens (including phenoxy) is 2. The number of nitrogens with zero attached hydrogens (tertiary/aromatic N) is 1. The Morgan fingerprint density at radius 3 is 2.27 bits per heavy atom. The predicted octanol–water partition coefficient (Wildman–Crippen LogP) is 6.87. The van der Waals surface area contributed by atoms with Gasteiger partial charge in [0.25, 0.3) is 0 Å². The van der Waals surface area contributed by atoms with E-state index in [1.807, 2.05) is 56.5 Å². The Hall–Kier alpha value is -3.20. The van der Waals surface area contributed by atoms with Gasteiger partial charge in [0, 0.05) is 34.8 Å². The van der Waals surface area contributed by atoms with Crippen molar-refractivity contribution < 1.29 is 29.3 Å². The molecule has 0 radical (unpaired) electrons. The largest absolute Gasteiger partial charge is 0.478 e. The van der Waals surface area contributed by atoms with Gasteiger partial charge in [-0.25, -0.2) is 9.59 Å². The summed E-state index contributed by atoms with van der Waals surface area (Å²) in [7, 11) is 0. The van der Waals surface area contributed by atoms with Gasteiger partial charge in [0.1, 0.15) is 11.5 Å². The third kappa shape index (κ3) is 6.57. The molecular formula is C31H34ClNO6S. The van der Waals surface area contributed by atoms with Crippen LogP contribution in [0, 0.1) is 19.8 Å². The molecule has 1 amide bonds. The van der Waals surface area contributed by atoms with Gasteiger partial charge in [-0.15, -0.1) is 11.8 Å². The minimum absolute atomic E-state index is 0.207. The zero-order valence-corrected chi connectivity index (χ0v) is 24.8. The number of aliphatic hydroxyl groups excluding tert-OH is 1. The molecule has 0 saturated carbocycles. The van der Waals surface area contributed by atoms with E-state index in [9.17, 15) is 19.8 Å². The Morgan fingerprint density at radius 1 is 1.05 bits per heavy atom. The molecule has 1 aliphatic rings. The van der Waals surface area contributed by atoms with Crippen molar-refractivity contribution in [3.05, 3.63) is 87.9 Å². The fourth-order valence-corrected chi connectivity index (χ4v) is 5.64. The highest BCUT2D eigenvalue weighted by molar-refractivity contribution is 7.98. The number of carboxylic acids is 1. The summed E-state index contributed by atoms with van der Waals surface area (Å²) in [5.74, 6) is -0.721. The number of likely N-dealkylation sites (tertiary alicyclic amines) is 1. The van der Waals surface area contributed by atoms with Crippen molar-refractivity contribution >= 4 is 35.4 Å². The summed E-state index contributed by atoms with van der Waals surface area (Å²) >= 11 is 7.69. The van der Waals surface area contributed by atoms with Gasteiger partial charge in [0.05, 0.1) is 6.10 Å². The summed E-state index contributed by atoms with van der Waals surface area (Å²) in [5, 5.41) is 21.6. The quantitative estimate of drug-likeness (QED) is 0.279. The number of carbonyl (C=O) groups is 2. The monoisotopic (exact) mass is 583 g/mol. The standard InChI is InChI=1S/C31H34ClNO6S/c1-18-13-21(14-19(2)28(18)39-31(3,4)29(35)36)25-16-33(30(37)38-23-8-6-7-22(32)15-23)17-26(25)27(34)20-9-11-24(40-5)12-10-20/h6-15,25-27,34H,16-17H2,1-5H3,(H,35,36). The Bertz CT molecular complexity index is 1370. The molecule has 1 saturated heterocycles. The normalized spacial score (nSPS) is 17.9. The number of carboxylic acid groups (broad SMARTS) is 1. The SMILES string of the molecule is CSc1ccc(C(O)C2CN(C(=O)Oc3cccc(Cl)c3)CC2c2cc(C)c(OC(C)(C)C(=O)O)c(C)c2)cc1. The first kappa shape index (κ1) is 29.8. The minimum atomic E-state index is -1.40. The molecule has 3 aromatic rings. The lowest BCUT2D eigenvalue weighted by atomic mass is 9.82. The van der Waals surface area contributed by atoms with Crippen molar-refractivity contribution in [2.45, 2.75) is 50.2 Å². The van der Waals surface area contributed by atoms with E-state index < -0.39 is 23.8 Å². The van der Waals surface area contributed by atoms with E-state index in [0.717, 1.165) is 27.1 Å². The maximum atomic E-state index is 13.2. The van der Waals surface area contributed by atoms with Crippen molar-refractivity contribution in [2.24, 2.45) is 5.92 Å². The zero-order valence-electron chi connectivity index (χ0n) is 23.2. The van der Waals surface area contributed by atoms with Gasteiger partial charge in [0.2, 0.25) is 0 Å². The van der Waals surface area contributed by atoms with Crippen molar-refractivity contribution in [3.8, 4) is 11.5 Å². The van der Waals surface area contributed by atoms with Gasteiger partial charge in [0.15, 0.2) is 5.60 Å². The second-order valence-electron chi connectivity index (χ2n) is 10.6. The lowest BCUT2D eigenvalue weighted by Crippen LogP contribution is -2.38. The Morgan fingerprint density at radius 2 is 1.70 bits per heavy atom. The lowest BCUT2D eigenvalue weighted by molar-refractivity contribution is -0.152. The molecule has 2 N–H and O–H groups in total. The third-order valence-corrected chi connectivity index (χ3v) is 8.25. The number of hydrogen-bond acceptors (Lipinski definition) is 6. The van der Waals surface area contributed by atoms with Crippen LogP contribution in [-0.2, 0) is 4.79 Å². The van der Waals surface area contributed by atoms with E-state index in [4.69, 9.17) is 21.1 Å². The number of rotatable bonds is 8. The average Bonchev–Trinajstić information content (AvgIpc) is 3.36. The van der Waals surface area contributed by atoms with Crippen LogP contribution in [0.15, 0.2) is 65.6 Å². The molecule has 0 spiro atoms. The third-order valence-electron chi connectivity index (χ3n) is 7.27. The molecule has 3 aromatic carbocycles. The van der Waals surface area contributed by atoms with Crippen LogP contribution in [0.2, 0.25) is 5.02 Å². The van der Waals surface area contributed by atoms with Crippen LogP contribution in [0.1, 0.15) is 48.1 Å². The Balaban J connectivity index is 1.66. The first-order valence-corrected chi connectivity index (χ1v) is 14.6.